The van der Waals surface area contributed by atoms with Crippen LogP contribution in [0.25, 0.3) is 0 Å². The third-order valence-electron chi connectivity index (χ3n) is 5.44. The van der Waals surface area contributed by atoms with Crippen LogP contribution in [-0.2, 0) is 11.3 Å². The molecule has 0 aliphatic rings. The van der Waals surface area contributed by atoms with Gasteiger partial charge in [0.1, 0.15) is 22.8 Å². The number of benzene rings is 3. The van der Waals surface area contributed by atoms with Gasteiger partial charge in [-0.05, 0) is 48.0 Å². The topological polar surface area (TPSA) is 124 Å². The monoisotopic (exact) mass is 585 g/mol. The lowest BCUT2D eigenvalue weighted by Gasteiger charge is -2.13. The molecule has 1 aromatic heterocycles. The van der Waals surface area contributed by atoms with Crippen LogP contribution in [0.5, 0.6) is 23.1 Å². The summed E-state index contributed by atoms with van der Waals surface area (Å²) in [7, 11) is 3.17. The number of methoxy groups -OCH3 is 2. The Hall–Kier alpha value is -5.38. The second-order valence-electron chi connectivity index (χ2n) is 8.12. The van der Waals surface area contributed by atoms with E-state index in [1.165, 1.54) is 12.3 Å². The molecule has 3 aromatic carbocycles. The molecule has 0 aliphatic carbocycles. The van der Waals surface area contributed by atoms with Crippen LogP contribution >= 0.6 is 0 Å². The summed E-state index contributed by atoms with van der Waals surface area (Å²) < 4.78 is 16.5. The van der Waals surface area contributed by atoms with Crippen LogP contribution in [0.4, 0.5) is 17.3 Å². The van der Waals surface area contributed by atoms with Crippen molar-refractivity contribution >= 4 is 29.1 Å². The van der Waals surface area contributed by atoms with E-state index in [2.05, 4.69) is 32.5 Å². The Balaban J connectivity index is 0.00000155. The zero-order chi connectivity index (χ0) is 31.6. The molecule has 226 valence electrons. The zero-order valence-corrected chi connectivity index (χ0v) is 25.4. The highest BCUT2D eigenvalue weighted by Gasteiger charge is 2.18. The van der Waals surface area contributed by atoms with Crippen LogP contribution < -0.4 is 30.2 Å². The molecular weight excluding hydrogens is 546 g/mol. The van der Waals surface area contributed by atoms with Crippen LogP contribution in [0.2, 0.25) is 0 Å². The van der Waals surface area contributed by atoms with Crippen LogP contribution in [0.1, 0.15) is 43.6 Å². The molecule has 0 saturated carbocycles. The summed E-state index contributed by atoms with van der Waals surface area (Å²) in [6.07, 6.45) is 2.55. The zero-order valence-electron chi connectivity index (χ0n) is 25.4. The largest absolute Gasteiger partial charge is 0.497 e. The van der Waals surface area contributed by atoms with Crippen molar-refractivity contribution in [2.75, 3.05) is 24.9 Å². The van der Waals surface area contributed by atoms with Gasteiger partial charge in [0.05, 0.1) is 14.2 Å². The lowest BCUT2D eigenvalue weighted by Crippen LogP contribution is -2.24. The standard InChI is InChI=1S/C29H27N5O5.2C2H6/c1-4-26(35)32-20-7-6-10-24(16-20)39-28-25(27(36)30-17-19-11-13-22(37-2)14-12-19)18-31-29(34-28)33-21-8-5-9-23(15-21)38-3;2*1-2/h4-16,18H,1,17H2,2-3H3,(H,30,36)(H,32,35)(H,31,33,34);2*1-2H3. The average molecular weight is 586 g/mol. The third kappa shape index (κ3) is 10.5. The van der Waals surface area contributed by atoms with E-state index in [1.54, 1.807) is 44.6 Å². The van der Waals surface area contributed by atoms with Crippen molar-refractivity contribution in [3.63, 3.8) is 0 Å². The highest BCUT2D eigenvalue weighted by molar-refractivity contribution is 5.99. The summed E-state index contributed by atoms with van der Waals surface area (Å²) in [4.78, 5) is 33.6. The Labute approximate surface area is 253 Å². The van der Waals surface area contributed by atoms with E-state index < -0.39 is 5.91 Å². The van der Waals surface area contributed by atoms with E-state index in [0.29, 0.717) is 22.9 Å². The van der Waals surface area contributed by atoms with Crippen LogP contribution in [0, 0.1) is 0 Å². The van der Waals surface area contributed by atoms with Crippen molar-refractivity contribution in [2.24, 2.45) is 0 Å². The molecule has 0 aliphatic heterocycles. The fraction of sp³-hybridized carbons (Fsp3) is 0.212. The second kappa shape index (κ2) is 18.1. The number of carbonyl (C=O) groups is 2. The maximum Gasteiger partial charge on any atom is 0.258 e. The lowest BCUT2D eigenvalue weighted by atomic mass is 10.2. The number of hydrogen-bond donors (Lipinski definition) is 3. The minimum atomic E-state index is -0.426. The predicted octanol–water partition coefficient (Wildman–Crippen LogP) is 7.14. The van der Waals surface area contributed by atoms with E-state index in [1.807, 2.05) is 70.2 Å². The smallest absolute Gasteiger partial charge is 0.258 e. The van der Waals surface area contributed by atoms with Gasteiger partial charge < -0.3 is 30.2 Å². The second-order valence-corrected chi connectivity index (χ2v) is 8.12. The quantitative estimate of drug-likeness (QED) is 0.159. The number of nitrogens with one attached hydrogen (secondary N) is 3. The van der Waals surface area contributed by atoms with Crippen molar-refractivity contribution in [3.05, 3.63) is 103 Å². The van der Waals surface area contributed by atoms with E-state index in [4.69, 9.17) is 14.2 Å². The van der Waals surface area contributed by atoms with Crippen molar-refractivity contribution < 1.29 is 23.8 Å². The molecule has 0 spiro atoms. The molecule has 0 atom stereocenters. The van der Waals surface area contributed by atoms with Gasteiger partial charge in [-0.3, -0.25) is 9.59 Å². The molecule has 1 heterocycles. The molecule has 43 heavy (non-hydrogen) atoms. The molecule has 10 heteroatoms. The van der Waals surface area contributed by atoms with Crippen molar-refractivity contribution in [1.29, 1.82) is 0 Å². The minimum Gasteiger partial charge on any atom is -0.497 e. The van der Waals surface area contributed by atoms with Crippen LogP contribution in [0.3, 0.4) is 0 Å². The van der Waals surface area contributed by atoms with Crippen molar-refractivity contribution in [2.45, 2.75) is 34.2 Å². The fourth-order valence-electron chi connectivity index (χ4n) is 3.45. The Morgan fingerprint density at radius 2 is 1.47 bits per heavy atom. The molecule has 4 aromatic rings. The Morgan fingerprint density at radius 3 is 2.12 bits per heavy atom. The number of hydrogen-bond acceptors (Lipinski definition) is 8. The maximum absolute atomic E-state index is 13.2. The lowest BCUT2D eigenvalue weighted by molar-refractivity contribution is -0.111. The molecule has 0 fully saturated rings. The van der Waals surface area contributed by atoms with Gasteiger partial charge in [0, 0.05) is 36.2 Å². The van der Waals surface area contributed by atoms with Crippen LogP contribution in [-0.4, -0.2) is 36.0 Å². The number of ether oxygens (including phenoxy) is 3. The Kier molecular flexibility index (Phi) is 14.3. The Morgan fingerprint density at radius 1 is 0.837 bits per heavy atom. The molecule has 0 saturated heterocycles. The van der Waals surface area contributed by atoms with E-state index in [-0.39, 0.29) is 29.8 Å². The van der Waals surface area contributed by atoms with Crippen molar-refractivity contribution in [3.8, 4) is 23.1 Å². The molecule has 0 radical (unpaired) electrons. The van der Waals surface area contributed by atoms with Gasteiger partial charge in [-0.2, -0.15) is 4.98 Å². The molecule has 3 N–H and O–H groups in total. The molecule has 4 rings (SSSR count). The van der Waals surface area contributed by atoms with Gasteiger partial charge in [-0.1, -0.05) is 58.5 Å². The van der Waals surface area contributed by atoms with Gasteiger partial charge in [-0.15, -0.1) is 0 Å². The normalized spacial score (nSPS) is 9.53. The number of anilines is 3. The number of amides is 2. The number of aromatic nitrogens is 2. The maximum atomic E-state index is 13.2. The summed E-state index contributed by atoms with van der Waals surface area (Å²) >= 11 is 0. The number of carbonyl (C=O) groups excluding carboxylic acids is 2. The van der Waals surface area contributed by atoms with Gasteiger partial charge in [0.25, 0.3) is 5.91 Å². The van der Waals surface area contributed by atoms with Gasteiger partial charge >= 0.3 is 0 Å². The minimum absolute atomic E-state index is 0.0230. The summed E-state index contributed by atoms with van der Waals surface area (Å²) in [5.41, 5.74) is 2.19. The predicted molar refractivity (Wildman–Crippen MR) is 171 cm³/mol. The third-order valence-corrected chi connectivity index (χ3v) is 5.44. The number of rotatable bonds is 11. The Bertz CT molecular complexity index is 1480. The number of nitrogens with zero attached hydrogens (tertiary/aromatic N) is 2. The molecule has 10 nitrogen and oxygen atoms in total. The summed E-state index contributed by atoms with van der Waals surface area (Å²) in [5, 5.41) is 8.63. The first-order chi connectivity index (χ1) is 21.0. The summed E-state index contributed by atoms with van der Waals surface area (Å²) in [6, 6.07) is 21.3. The van der Waals surface area contributed by atoms with E-state index in [0.717, 1.165) is 11.3 Å². The van der Waals surface area contributed by atoms with Gasteiger partial charge in [0.2, 0.25) is 17.7 Å². The highest BCUT2D eigenvalue weighted by atomic mass is 16.5. The SMILES string of the molecule is C=CC(=O)Nc1cccc(Oc2nc(Nc3cccc(OC)c3)ncc2C(=O)NCc2ccc(OC)cc2)c1.CC.CC. The average Bonchev–Trinajstić information content (AvgIpc) is 3.06. The van der Waals surface area contributed by atoms with Gasteiger partial charge in [0.15, 0.2) is 0 Å². The van der Waals surface area contributed by atoms with Crippen molar-refractivity contribution in [1.82, 2.24) is 15.3 Å². The molecule has 0 unspecified atom stereocenters. The first-order valence-electron chi connectivity index (χ1n) is 13.9. The van der Waals surface area contributed by atoms with E-state index >= 15 is 0 Å². The summed E-state index contributed by atoms with van der Waals surface area (Å²) in [5.74, 6) is 1.18. The molecular formula is C33H39N5O5. The van der Waals surface area contributed by atoms with Crippen LogP contribution in [0.15, 0.2) is 91.6 Å². The first-order valence-corrected chi connectivity index (χ1v) is 13.9. The van der Waals surface area contributed by atoms with Gasteiger partial charge in [-0.25, -0.2) is 4.98 Å². The fourth-order valence-corrected chi connectivity index (χ4v) is 3.45. The molecule has 0 bridgehead atoms. The first kappa shape index (κ1) is 33.8. The van der Waals surface area contributed by atoms with E-state index in [9.17, 15) is 9.59 Å². The molecule has 2 amide bonds. The summed E-state index contributed by atoms with van der Waals surface area (Å²) in [6.45, 7) is 11.7. The highest BCUT2D eigenvalue weighted by Crippen LogP contribution is 2.28.